The number of carbonyl (C=O) groups is 1. The van der Waals surface area contributed by atoms with Gasteiger partial charge >= 0.3 is 0 Å². The summed E-state index contributed by atoms with van der Waals surface area (Å²) < 4.78 is 5.11. The lowest BCUT2D eigenvalue weighted by Gasteiger charge is -2.17. The van der Waals surface area contributed by atoms with Crippen molar-refractivity contribution in [1.82, 2.24) is 10.2 Å². The van der Waals surface area contributed by atoms with Crippen LogP contribution in [0, 0.1) is 0 Å². The highest BCUT2D eigenvalue weighted by molar-refractivity contribution is 5.76. The smallest absolute Gasteiger partial charge is 0.220 e. The number of benzene rings is 1. The molecule has 0 fully saturated rings. The Hall–Kier alpha value is -1.75. The van der Waals surface area contributed by atoms with Crippen molar-refractivity contribution in [3.8, 4) is 5.75 Å². The van der Waals surface area contributed by atoms with E-state index in [0.29, 0.717) is 30.8 Å². The topological polar surface area (TPSA) is 67.6 Å². The van der Waals surface area contributed by atoms with Gasteiger partial charge < -0.3 is 20.7 Å². The number of nitrogens with zero attached hydrogens (tertiary/aromatic N) is 1. The summed E-state index contributed by atoms with van der Waals surface area (Å²) in [5.41, 5.74) is 7.51. The third-order valence-corrected chi connectivity index (χ3v) is 3.58. The molecule has 0 heterocycles. The predicted molar refractivity (Wildman–Crippen MR) is 86.5 cm³/mol. The third-order valence-electron chi connectivity index (χ3n) is 3.58. The fraction of sp³-hybridized carbons (Fsp3) is 0.562. The molecule has 1 rings (SSSR count). The average Bonchev–Trinajstić information content (AvgIpc) is 2.49. The summed E-state index contributed by atoms with van der Waals surface area (Å²) in [7, 11) is 1.59. The molecular weight excluding hydrogens is 266 g/mol. The molecule has 0 aliphatic rings. The number of methoxy groups -OCH3 is 1. The largest absolute Gasteiger partial charge is 0.495 e. The van der Waals surface area contributed by atoms with Crippen molar-refractivity contribution in [2.24, 2.45) is 0 Å². The third kappa shape index (κ3) is 6.04. The Morgan fingerprint density at radius 2 is 2.05 bits per heavy atom. The number of ether oxygens (including phenoxy) is 1. The predicted octanol–water partition coefficient (Wildman–Crippen LogP) is 1.67. The molecule has 1 amide bonds. The van der Waals surface area contributed by atoms with E-state index in [1.807, 2.05) is 18.2 Å². The first-order chi connectivity index (χ1) is 10.1. The molecular formula is C16H27N3O2. The normalized spacial score (nSPS) is 10.7. The summed E-state index contributed by atoms with van der Waals surface area (Å²) in [4.78, 5) is 14.1. The number of rotatable bonds is 9. The zero-order valence-corrected chi connectivity index (χ0v) is 13.3. The van der Waals surface area contributed by atoms with Gasteiger partial charge in [-0.15, -0.1) is 0 Å². The summed E-state index contributed by atoms with van der Waals surface area (Å²) in [6.45, 7) is 7.87. The van der Waals surface area contributed by atoms with Gasteiger partial charge in [-0.1, -0.05) is 19.9 Å². The first-order valence-electron chi connectivity index (χ1n) is 7.52. The summed E-state index contributed by atoms with van der Waals surface area (Å²) in [5, 5.41) is 2.95. The van der Waals surface area contributed by atoms with Crippen molar-refractivity contribution in [1.29, 1.82) is 0 Å². The Balaban J connectivity index is 2.31. The SMILES string of the molecule is CCN(CC)CCNC(=O)CCc1ccc(OC)c(N)c1. The molecule has 5 heteroatoms. The van der Waals surface area contributed by atoms with Crippen LogP contribution in [0.3, 0.4) is 0 Å². The Kier molecular flexibility index (Phi) is 7.61. The van der Waals surface area contributed by atoms with Crippen molar-refractivity contribution >= 4 is 11.6 Å². The Bertz CT molecular complexity index is 445. The maximum Gasteiger partial charge on any atom is 0.220 e. The van der Waals surface area contributed by atoms with Crippen molar-refractivity contribution in [2.45, 2.75) is 26.7 Å². The minimum Gasteiger partial charge on any atom is -0.495 e. The van der Waals surface area contributed by atoms with Crippen LogP contribution < -0.4 is 15.8 Å². The van der Waals surface area contributed by atoms with E-state index in [1.165, 1.54) is 0 Å². The van der Waals surface area contributed by atoms with Gasteiger partial charge in [-0.25, -0.2) is 0 Å². The number of nitrogens with one attached hydrogen (secondary N) is 1. The number of likely N-dealkylation sites (N-methyl/N-ethyl adjacent to an activating group) is 1. The summed E-state index contributed by atoms with van der Waals surface area (Å²) in [6.07, 6.45) is 1.16. The molecule has 0 bridgehead atoms. The fourth-order valence-corrected chi connectivity index (χ4v) is 2.18. The van der Waals surface area contributed by atoms with Crippen molar-refractivity contribution < 1.29 is 9.53 Å². The van der Waals surface area contributed by atoms with Gasteiger partial charge in [0.15, 0.2) is 0 Å². The Labute approximate surface area is 127 Å². The van der Waals surface area contributed by atoms with E-state index in [9.17, 15) is 4.79 Å². The maximum atomic E-state index is 11.8. The van der Waals surface area contributed by atoms with Crippen LogP contribution in [0.2, 0.25) is 0 Å². The van der Waals surface area contributed by atoms with Crippen LogP contribution in [-0.2, 0) is 11.2 Å². The van der Waals surface area contributed by atoms with Crippen LogP contribution in [0.4, 0.5) is 5.69 Å². The summed E-state index contributed by atoms with van der Waals surface area (Å²) >= 11 is 0. The second-order valence-electron chi connectivity index (χ2n) is 4.95. The van der Waals surface area contributed by atoms with E-state index in [0.717, 1.165) is 25.2 Å². The van der Waals surface area contributed by atoms with E-state index in [2.05, 4.69) is 24.1 Å². The maximum absolute atomic E-state index is 11.8. The highest BCUT2D eigenvalue weighted by Gasteiger charge is 2.05. The first-order valence-corrected chi connectivity index (χ1v) is 7.52. The average molecular weight is 293 g/mol. The summed E-state index contributed by atoms with van der Waals surface area (Å²) in [6, 6.07) is 5.64. The number of hydrogen-bond donors (Lipinski definition) is 2. The molecule has 0 saturated heterocycles. The highest BCUT2D eigenvalue weighted by atomic mass is 16.5. The molecule has 1 aromatic rings. The second kappa shape index (κ2) is 9.23. The van der Waals surface area contributed by atoms with E-state index in [1.54, 1.807) is 7.11 Å². The zero-order valence-electron chi connectivity index (χ0n) is 13.3. The van der Waals surface area contributed by atoms with Gasteiger partial charge in [0, 0.05) is 19.5 Å². The fourth-order valence-electron chi connectivity index (χ4n) is 2.18. The van der Waals surface area contributed by atoms with Gasteiger partial charge in [0.25, 0.3) is 0 Å². The van der Waals surface area contributed by atoms with Gasteiger partial charge in [0.1, 0.15) is 5.75 Å². The lowest BCUT2D eigenvalue weighted by atomic mass is 10.1. The van der Waals surface area contributed by atoms with Gasteiger partial charge in [0.05, 0.1) is 12.8 Å². The van der Waals surface area contributed by atoms with Crippen LogP contribution in [-0.4, -0.2) is 44.1 Å². The van der Waals surface area contributed by atoms with E-state index >= 15 is 0 Å². The monoisotopic (exact) mass is 293 g/mol. The minimum atomic E-state index is 0.0801. The van der Waals surface area contributed by atoms with Gasteiger partial charge in [0.2, 0.25) is 5.91 Å². The highest BCUT2D eigenvalue weighted by Crippen LogP contribution is 2.22. The lowest BCUT2D eigenvalue weighted by Crippen LogP contribution is -2.34. The second-order valence-corrected chi connectivity index (χ2v) is 4.95. The minimum absolute atomic E-state index is 0.0801. The number of hydrogen-bond acceptors (Lipinski definition) is 4. The molecule has 5 nitrogen and oxygen atoms in total. The number of nitrogens with two attached hydrogens (primary N) is 1. The molecule has 0 spiro atoms. The number of amides is 1. The van der Waals surface area contributed by atoms with Crippen LogP contribution >= 0.6 is 0 Å². The van der Waals surface area contributed by atoms with E-state index in [-0.39, 0.29) is 5.91 Å². The van der Waals surface area contributed by atoms with Crippen molar-refractivity contribution in [3.05, 3.63) is 23.8 Å². The number of aryl methyl sites for hydroxylation is 1. The van der Waals surface area contributed by atoms with E-state index in [4.69, 9.17) is 10.5 Å². The van der Waals surface area contributed by atoms with E-state index < -0.39 is 0 Å². The molecule has 0 aromatic heterocycles. The molecule has 0 aliphatic carbocycles. The molecule has 0 saturated carbocycles. The molecule has 0 unspecified atom stereocenters. The number of carbonyl (C=O) groups excluding carboxylic acids is 1. The first kappa shape index (κ1) is 17.3. The molecule has 118 valence electrons. The van der Waals surface area contributed by atoms with Gasteiger partial charge in [-0.3, -0.25) is 4.79 Å². The number of nitrogen functional groups attached to an aromatic ring is 1. The standard InChI is InChI=1S/C16H27N3O2/c1-4-19(5-2)11-10-18-16(20)9-7-13-6-8-15(21-3)14(17)12-13/h6,8,12H,4-5,7,9-11,17H2,1-3H3,(H,18,20). The number of anilines is 1. The van der Waals surface area contributed by atoms with Crippen LogP contribution in [0.15, 0.2) is 18.2 Å². The molecule has 3 N–H and O–H groups in total. The molecule has 0 aliphatic heterocycles. The van der Waals surface area contributed by atoms with Crippen molar-refractivity contribution in [2.75, 3.05) is 39.0 Å². The summed E-state index contributed by atoms with van der Waals surface area (Å²) in [5.74, 6) is 0.749. The molecule has 0 radical (unpaired) electrons. The zero-order chi connectivity index (χ0) is 15.7. The van der Waals surface area contributed by atoms with Crippen LogP contribution in [0.25, 0.3) is 0 Å². The Morgan fingerprint density at radius 1 is 1.33 bits per heavy atom. The van der Waals surface area contributed by atoms with Gasteiger partial charge in [-0.2, -0.15) is 0 Å². The molecule has 1 aromatic carbocycles. The quantitative estimate of drug-likeness (QED) is 0.680. The Morgan fingerprint density at radius 3 is 2.62 bits per heavy atom. The molecule has 21 heavy (non-hydrogen) atoms. The van der Waals surface area contributed by atoms with Crippen molar-refractivity contribution in [3.63, 3.8) is 0 Å². The lowest BCUT2D eigenvalue weighted by molar-refractivity contribution is -0.121. The molecule has 0 atom stereocenters. The van der Waals surface area contributed by atoms with Crippen LogP contribution in [0.5, 0.6) is 5.75 Å². The van der Waals surface area contributed by atoms with Gasteiger partial charge in [-0.05, 0) is 37.2 Å². The van der Waals surface area contributed by atoms with Crippen LogP contribution in [0.1, 0.15) is 25.8 Å².